The van der Waals surface area contributed by atoms with Gasteiger partial charge >= 0.3 is 6.03 Å². The number of urea groups is 1. The molecule has 29 heavy (non-hydrogen) atoms. The van der Waals surface area contributed by atoms with Crippen LogP contribution in [-0.4, -0.2) is 51.2 Å². The molecule has 0 radical (unpaired) electrons. The Morgan fingerprint density at radius 2 is 2.14 bits per heavy atom. The zero-order valence-electron chi connectivity index (χ0n) is 15.4. The number of nitrogens with zero attached hydrogens (tertiary/aromatic N) is 5. The number of amides is 3. The zero-order valence-corrected chi connectivity index (χ0v) is 15.4. The van der Waals surface area contributed by atoms with Gasteiger partial charge in [-0.3, -0.25) is 20.1 Å². The van der Waals surface area contributed by atoms with Crippen LogP contribution in [0.2, 0.25) is 0 Å². The minimum atomic E-state index is -0.629. The average molecular weight is 390 g/mol. The van der Waals surface area contributed by atoms with Gasteiger partial charge in [-0.2, -0.15) is 5.10 Å². The number of primary amides is 1. The van der Waals surface area contributed by atoms with Crippen molar-refractivity contribution in [2.75, 3.05) is 28.2 Å². The lowest BCUT2D eigenvalue weighted by atomic mass is 10.1. The number of rotatable bonds is 3. The number of nitrogens with two attached hydrogens (primary N) is 1. The normalized spacial score (nSPS) is 17.2. The van der Waals surface area contributed by atoms with Crippen LogP contribution < -0.4 is 20.9 Å². The fourth-order valence-electron chi connectivity index (χ4n) is 3.87. The highest BCUT2D eigenvalue weighted by Crippen LogP contribution is 2.39. The van der Waals surface area contributed by atoms with E-state index in [0.29, 0.717) is 11.6 Å². The number of carbonyl (C=O) groups excluding carboxylic acids is 2. The van der Waals surface area contributed by atoms with Crippen LogP contribution in [0, 0.1) is 0 Å². The van der Waals surface area contributed by atoms with E-state index in [-0.39, 0.29) is 17.8 Å². The second-order valence-electron chi connectivity index (χ2n) is 7.01. The second kappa shape index (κ2) is 6.59. The molecule has 2 bridgehead atoms. The Bertz CT molecular complexity index is 1100. The number of hydrogen-bond donors (Lipinski definition) is 3. The van der Waals surface area contributed by atoms with E-state index in [9.17, 15) is 9.59 Å². The van der Waals surface area contributed by atoms with Gasteiger partial charge in [-0.05, 0) is 36.2 Å². The molecule has 4 N–H and O–H groups in total. The monoisotopic (exact) mass is 390 g/mol. The molecule has 2 aliphatic rings. The van der Waals surface area contributed by atoms with Crippen LogP contribution in [0.1, 0.15) is 16.9 Å². The minimum Gasteiger partial charge on any atom is -0.366 e. The summed E-state index contributed by atoms with van der Waals surface area (Å²) in [4.78, 5) is 37.2. The van der Waals surface area contributed by atoms with Gasteiger partial charge in [0.2, 0.25) is 0 Å². The number of pyridine rings is 2. The summed E-state index contributed by atoms with van der Waals surface area (Å²) in [5.41, 5.74) is 8.11. The molecule has 0 aliphatic carbocycles. The van der Waals surface area contributed by atoms with Gasteiger partial charge in [-0.25, -0.2) is 14.8 Å². The van der Waals surface area contributed by atoms with Crippen LogP contribution in [0.4, 0.5) is 22.1 Å². The maximum atomic E-state index is 13.2. The number of hydrogen-bond acceptors (Lipinski definition) is 6. The number of H-pyrrole nitrogens is 1. The van der Waals surface area contributed by atoms with Gasteiger partial charge in [0, 0.05) is 31.0 Å². The van der Waals surface area contributed by atoms with E-state index in [4.69, 9.17) is 5.73 Å². The summed E-state index contributed by atoms with van der Waals surface area (Å²) >= 11 is 0. The third-order valence-electron chi connectivity index (χ3n) is 5.25. The lowest BCUT2D eigenvalue weighted by Crippen LogP contribution is -2.48. The highest BCUT2D eigenvalue weighted by atomic mass is 16.2. The van der Waals surface area contributed by atoms with Crippen molar-refractivity contribution in [3.05, 3.63) is 48.5 Å². The van der Waals surface area contributed by atoms with Crippen LogP contribution in [0.15, 0.2) is 42.9 Å². The van der Waals surface area contributed by atoms with E-state index in [1.54, 1.807) is 41.7 Å². The largest absolute Gasteiger partial charge is 0.366 e. The van der Waals surface area contributed by atoms with Crippen molar-refractivity contribution in [3.8, 4) is 11.1 Å². The first-order chi connectivity index (χ1) is 14.1. The van der Waals surface area contributed by atoms with Crippen molar-refractivity contribution < 1.29 is 9.59 Å². The molecule has 2 aliphatic heterocycles. The Labute approximate surface area is 165 Å². The first-order valence-corrected chi connectivity index (χ1v) is 9.21. The summed E-state index contributed by atoms with van der Waals surface area (Å²) in [5, 5.41) is 9.57. The topological polar surface area (TPSA) is 133 Å². The van der Waals surface area contributed by atoms with Gasteiger partial charge < -0.3 is 10.6 Å². The molecule has 3 amide bonds. The third-order valence-corrected chi connectivity index (χ3v) is 5.25. The number of fused-ring (bicyclic) bond motifs is 4. The first-order valence-electron chi connectivity index (χ1n) is 9.21. The molecule has 0 spiro atoms. The summed E-state index contributed by atoms with van der Waals surface area (Å²) in [6, 6.07) is 6.63. The Balaban J connectivity index is 1.47. The molecule has 1 saturated heterocycles. The second-order valence-corrected chi connectivity index (χ2v) is 7.01. The number of anilines is 3. The van der Waals surface area contributed by atoms with Gasteiger partial charge in [0.05, 0.1) is 17.9 Å². The van der Waals surface area contributed by atoms with Gasteiger partial charge in [0.1, 0.15) is 11.5 Å². The van der Waals surface area contributed by atoms with Crippen LogP contribution in [0.25, 0.3) is 11.1 Å². The molecule has 10 heteroatoms. The van der Waals surface area contributed by atoms with E-state index in [2.05, 4.69) is 30.4 Å². The number of aromatic nitrogens is 4. The van der Waals surface area contributed by atoms with Crippen molar-refractivity contribution in [2.45, 2.75) is 12.5 Å². The Kier molecular flexibility index (Phi) is 3.90. The van der Waals surface area contributed by atoms with Gasteiger partial charge in [0.25, 0.3) is 5.91 Å². The zero-order chi connectivity index (χ0) is 20.0. The summed E-state index contributed by atoms with van der Waals surface area (Å²) < 4.78 is 0. The molecule has 3 aromatic heterocycles. The van der Waals surface area contributed by atoms with Crippen LogP contribution in [0.3, 0.4) is 0 Å². The van der Waals surface area contributed by atoms with Crippen molar-refractivity contribution >= 4 is 29.3 Å². The van der Waals surface area contributed by atoms with Crippen LogP contribution in [-0.2, 0) is 0 Å². The Morgan fingerprint density at radius 3 is 2.93 bits per heavy atom. The van der Waals surface area contributed by atoms with E-state index in [0.717, 1.165) is 36.3 Å². The minimum absolute atomic E-state index is 0.0322. The number of carbonyl (C=O) groups is 2. The van der Waals surface area contributed by atoms with Gasteiger partial charge in [-0.1, -0.05) is 0 Å². The molecule has 1 fully saturated rings. The summed E-state index contributed by atoms with van der Waals surface area (Å²) in [6.07, 6.45) is 5.91. The summed E-state index contributed by atoms with van der Waals surface area (Å²) in [6.45, 7) is 1.55. The van der Waals surface area contributed by atoms with Crippen LogP contribution >= 0.6 is 0 Å². The highest BCUT2D eigenvalue weighted by molar-refractivity contribution is 6.05. The SMILES string of the molecule is NC(=O)c1ccc2c(n1)N(C(=O)Nc1cc(-c3cn[nH]c3)ccn1)C1CCN2C1. The van der Waals surface area contributed by atoms with Crippen molar-refractivity contribution in [2.24, 2.45) is 5.73 Å². The van der Waals surface area contributed by atoms with E-state index in [1.807, 2.05) is 6.07 Å². The molecule has 10 nitrogen and oxygen atoms in total. The Morgan fingerprint density at radius 1 is 1.24 bits per heavy atom. The predicted molar refractivity (Wildman–Crippen MR) is 107 cm³/mol. The summed E-state index contributed by atoms with van der Waals surface area (Å²) in [5.74, 6) is 0.232. The standard InChI is InChI=1S/C19H18N8O2/c20-17(28)14-1-2-15-18(24-14)27(13-4-6-26(15)10-13)19(29)25-16-7-11(3-5-21-16)12-8-22-23-9-12/h1-3,5,7-9,13H,4,6,10H2,(H2,20,28)(H,22,23)(H,21,25,29). The maximum absolute atomic E-state index is 13.2. The molecule has 5 heterocycles. The molecular weight excluding hydrogens is 372 g/mol. The first kappa shape index (κ1) is 17.2. The summed E-state index contributed by atoms with van der Waals surface area (Å²) in [7, 11) is 0. The third kappa shape index (κ3) is 2.94. The smallest absolute Gasteiger partial charge is 0.329 e. The molecular formula is C19H18N8O2. The number of nitrogens with one attached hydrogen (secondary N) is 2. The molecule has 0 aromatic carbocycles. The van der Waals surface area contributed by atoms with Crippen LogP contribution in [0.5, 0.6) is 0 Å². The highest BCUT2D eigenvalue weighted by Gasteiger charge is 2.40. The predicted octanol–water partition coefficient (Wildman–Crippen LogP) is 1.60. The quantitative estimate of drug-likeness (QED) is 0.622. The van der Waals surface area contributed by atoms with Crippen molar-refractivity contribution in [3.63, 3.8) is 0 Å². The van der Waals surface area contributed by atoms with E-state index < -0.39 is 5.91 Å². The Hall–Kier alpha value is -3.95. The molecule has 1 atom stereocenters. The number of aromatic amines is 1. The molecule has 3 aromatic rings. The van der Waals surface area contributed by atoms with Gasteiger partial charge in [0.15, 0.2) is 5.82 Å². The maximum Gasteiger partial charge on any atom is 0.329 e. The van der Waals surface area contributed by atoms with Gasteiger partial charge in [-0.15, -0.1) is 0 Å². The molecule has 146 valence electrons. The molecule has 5 rings (SSSR count). The van der Waals surface area contributed by atoms with E-state index in [1.165, 1.54) is 0 Å². The van der Waals surface area contributed by atoms with Crippen molar-refractivity contribution in [1.29, 1.82) is 0 Å². The lowest BCUT2D eigenvalue weighted by molar-refractivity contribution is 0.0995. The lowest BCUT2D eigenvalue weighted by Gasteiger charge is -2.35. The van der Waals surface area contributed by atoms with Crippen molar-refractivity contribution in [1.82, 2.24) is 20.2 Å². The molecule has 1 unspecified atom stereocenters. The average Bonchev–Trinajstić information content (AvgIpc) is 3.39. The fourth-order valence-corrected chi connectivity index (χ4v) is 3.87. The fraction of sp³-hybridized carbons (Fsp3) is 0.211. The van der Waals surface area contributed by atoms with E-state index >= 15 is 0 Å². The molecule has 0 saturated carbocycles.